The largest absolute Gasteiger partial charge is 0.496 e. The number of methoxy groups -OCH3 is 1. The smallest absolute Gasteiger partial charge is 0.340 e. The Balaban J connectivity index is 2.09. The number of carbonyl (C=O) groups excluding carboxylic acids is 2. The highest BCUT2D eigenvalue weighted by atomic mass is 16.5. The van der Waals surface area contributed by atoms with Gasteiger partial charge < -0.3 is 14.2 Å². The van der Waals surface area contributed by atoms with Crippen LogP contribution in [0, 0.1) is 0 Å². The molecule has 0 radical (unpaired) electrons. The summed E-state index contributed by atoms with van der Waals surface area (Å²) in [4.78, 5) is 27.6. The number of carbonyl (C=O) groups is 2. The number of rotatable bonds is 7. The zero-order valence-electron chi connectivity index (χ0n) is 17.6. The van der Waals surface area contributed by atoms with Gasteiger partial charge in [0.2, 0.25) is 0 Å². The topological polar surface area (TPSA) is 65.1 Å². The van der Waals surface area contributed by atoms with Gasteiger partial charge in [-0.3, -0.25) is 9.69 Å². The van der Waals surface area contributed by atoms with Crippen molar-refractivity contribution >= 4 is 23.6 Å². The molecule has 156 valence electrons. The van der Waals surface area contributed by atoms with Crippen molar-refractivity contribution in [3.8, 4) is 11.5 Å². The van der Waals surface area contributed by atoms with Gasteiger partial charge in [0.1, 0.15) is 11.5 Å². The van der Waals surface area contributed by atoms with Crippen LogP contribution in [0.15, 0.2) is 65.4 Å². The predicted octanol–water partition coefficient (Wildman–Crippen LogP) is 4.36. The van der Waals surface area contributed by atoms with Gasteiger partial charge in [0.05, 0.1) is 31.5 Å². The lowest BCUT2D eigenvalue weighted by atomic mass is 10.0. The Bertz CT molecular complexity index is 1000. The number of ether oxygens (including phenoxy) is 3. The van der Waals surface area contributed by atoms with E-state index < -0.39 is 5.97 Å². The molecule has 0 spiro atoms. The fraction of sp³-hybridized carbons (Fsp3) is 0.250. The summed E-state index contributed by atoms with van der Waals surface area (Å²) in [5.74, 6) is 0.492. The molecule has 0 N–H and O–H groups in total. The molecule has 0 unspecified atom stereocenters. The summed E-state index contributed by atoms with van der Waals surface area (Å²) in [5.41, 5.74) is 2.38. The summed E-state index contributed by atoms with van der Waals surface area (Å²) in [5, 5.41) is 0. The van der Waals surface area contributed by atoms with E-state index in [-0.39, 0.29) is 23.7 Å². The number of nitrogens with zero attached hydrogens (tertiary/aromatic N) is 1. The first-order valence-electron chi connectivity index (χ1n) is 9.82. The number of anilines is 1. The summed E-state index contributed by atoms with van der Waals surface area (Å²) in [7, 11) is 1.56. The maximum Gasteiger partial charge on any atom is 0.340 e. The van der Waals surface area contributed by atoms with E-state index in [1.807, 2.05) is 25.1 Å². The second kappa shape index (κ2) is 9.31. The van der Waals surface area contributed by atoms with E-state index in [9.17, 15) is 9.59 Å². The van der Waals surface area contributed by atoms with Crippen LogP contribution in [0.25, 0.3) is 6.08 Å². The summed E-state index contributed by atoms with van der Waals surface area (Å²) >= 11 is 0. The molecule has 0 bridgehead atoms. The molecule has 1 aliphatic rings. The van der Waals surface area contributed by atoms with Gasteiger partial charge in [0.25, 0.3) is 5.91 Å². The maximum atomic E-state index is 13.4. The zero-order chi connectivity index (χ0) is 21.7. The summed E-state index contributed by atoms with van der Waals surface area (Å²) < 4.78 is 16.1. The molecule has 6 nitrogen and oxygen atoms in total. The van der Waals surface area contributed by atoms with Crippen LogP contribution in [0.5, 0.6) is 11.5 Å². The molecule has 6 heteroatoms. The Labute approximate surface area is 176 Å². The third-order valence-electron chi connectivity index (χ3n) is 4.72. The van der Waals surface area contributed by atoms with E-state index in [1.165, 1.54) is 4.90 Å². The third kappa shape index (κ3) is 4.08. The van der Waals surface area contributed by atoms with Crippen molar-refractivity contribution in [1.82, 2.24) is 0 Å². The predicted molar refractivity (Wildman–Crippen MR) is 115 cm³/mol. The zero-order valence-corrected chi connectivity index (χ0v) is 17.6. The molecule has 30 heavy (non-hydrogen) atoms. The Morgan fingerprint density at radius 2 is 1.73 bits per heavy atom. The third-order valence-corrected chi connectivity index (χ3v) is 4.72. The van der Waals surface area contributed by atoms with Crippen LogP contribution in [0.4, 0.5) is 5.69 Å². The molecular weight excluding hydrogens is 382 g/mol. The molecule has 1 amide bonds. The van der Waals surface area contributed by atoms with Crippen LogP contribution >= 0.6 is 0 Å². The average molecular weight is 407 g/mol. The molecule has 3 rings (SSSR count). The number of para-hydroxylation sites is 1. The maximum absolute atomic E-state index is 13.4. The van der Waals surface area contributed by atoms with Crippen LogP contribution in [0.3, 0.4) is 0 Å². The molecule has 0 aliphatic carbocycles. The molecule has 2 aromatic carbocycles. The summed E-state index contributed by atoms with van der Waals surface area (Å²) in [6.45, 7) is 6.15. The Morgan fingerprint density at radius 3 is 2.37 bits per heavy atom. The molecule has 0 saturated carbocycles. The second-order valence-corrected chi connectivity index (χ2v) is 6.55. The fourth-order valence-electron chi connectivity index (χ4n) is 3.39. The molecule has 0 saturated heterocycles. The van der Waals surface area contributed by atoms with Crippen LogP contribution in [-0.4, -0.2) is 32.2 Å². The molecule has 2 aromatic rings. The van der Waals surface area contributed by atoms with Gasteiger partial charge >= 0.3 is 5.97 Å². The lowest BCUT2D eigenvalue weighted by molar-refractivity contribution is -0.138. The minimum absolute atomic E-state index is 0.217. The van der Waals surface area contributed by atoms with E-state index in [1.54, 1.807) is 57.4 Å². The van der Waals surface area contributed by atoms with Crippen LogP contribution in [-0.2, 0) is 14.3 Å². The first kappa shape index (κ1) is 21.2. The highest BCUT2D eigenvalue weighted by Gasteiger charge is 2.38. The van der Waals surface area contributed by atoms with Crippen molar-refractivity contribution in [3.05, 3.63) is 70.9 Å². The molecule has 0 aromatic heterocycles. The minimum atomic E-state index is -0.530. The van der Waals surface area contributed by atoms with Crippen LogP contribution in [0.1, 0.15) is 26.3 Å². The van der Waals surface area contributed by atoms with Gasteiger partial charge in [-0.1, -0.05) is 18.2 Å². The summed E-state index contributed by atoms with van der Waals surface area (Å²) in [6, 6.07) is 14.5. The van der Waals surface area contributed by atoms with Gasteiger partial charge in [-0.05, 0) is 57.2 Å². The van der Waals surface area contributed by atoms with Crippen molar-refractivity contribution in [1.29, 1.82) is 0 Å². The van der Waals surface area contributed by atoms with Gasteiger partial charge in [-0.25, -0.2) is 4.79 Å². The van der Waals surface area contributed by atoms with Gasteiger partial charge in [0.15, 0.2) is 0 Å². The van der Waals surface area contributed by atoms with E-state index in [0.29, 0.717) is 35.1 Å². The van der Waals surface area contributed by atoms with Crippen LogP contribution in [0.2, 0.25) is 0 Å². The average Bonchev–Trinajstić information content (AvgIpc) is 2.99. The lowest BCUT2D eigenvalue weighted by Gasteiger charge is -2.18. The van der Waals surface area contributed by atoms with E-state index in [4.69, 9.17) is 14.2 Å². The van der Waals surface area contributed by atoms with E-state index in [2.05, 4.69) is 0 Å². The number of esters is 1. The quantitative estimate of drug-likeness (QED) is 0.504. The number of hydrogen-bond donors (Lipinski definition) is 0. The van der Waals surface area contributed by atoms with Gasteiger partial charge in [-0.2, -0.15) is 0 Å². The molecular formula is C24H25NO5. The normalized spacial score (nSPS) is 15.0. The first-order valence-corrected chi connectivity index (χ1v) is 9.82. The number of allylic oxidation sites excluding steroid dienone is 1. The highest BCUT2D eigenvalue weighted by Crippen LogP contribution is 2.37. The van der Waals surface area contributed by atoms with Crippen molar-refractivity contribution in [3.63, 3.8) is 0 Å². The number of hydrogen-bond acceptors (Lipinski definition) is 5. The van der Waals surface area contributed by atoms with Crippen molar-refractivity contribution in [2.24, 2.45) is 0 Å². The Hall–Kier alpha value is -3.54. The fourth-order valence-corrected chi connectivity index (χ4v) is 3.39. The molecule has 1 heterocycles. The first-order chi connectivity index (χ1) is 14.5. The molecule has 1 aliphatic heterocycles. The van der Waals surface area contributed by atoms with Crippen molar-refractivity contribution in [2.45, 2.75) is 20.8 Å². The van der Waals surface area contributed by atoms with E-state index in [0.717, 1.165) is 0 Å². The highest BCUT2D eigenvalue weighted by molar-refractivity contribution is 6.23. The van der Waals surface area contributed by atoms with Crippen molar-refractivity contribution in [2.75, 3.05) is 25.2 Å². The van der Waals surface area contributed by atoms with Gasteiger partial charge in [0, 0.05) is 16.9 Å². The number of benzene rings is 2. The number of amides is 1. The second-order valence-electron chi connectivity index (χ2n) is 6.55. The SMILES string of the molecule is CCOC(=O)C1=C(C)N(c2ccc(OCC)cc2)C(=O)/C1=C\c1ccccc1OC. The summed E-state index contributed by atoms with van der Waals surface area (Å²) in [6.07, 6.45) is 1.67. The molecule has 0 atom stereocenters. The van der Waals surface area contributed by atoms with Crippen molar-refractivity contribution < 1.29 is 23.8 Å². The van der Waals surface area contributed by atoms with Gasteiger partial charge in [-0.15, -0.1) is 0 Å². The monoisotopic (exact) mass is 407 g/mol. The van der Waals surface area contributed by atoms with E-state index >= 15 is 0 Å². The lowest BCUT2D eigenvalue weighted by Crippen LogP contribution is -2.24. The Morgan fingerprint density at radius 1 is 1.03 bits per heavy atom. The molecule has 0 fully saturated rings. The van der Waals surface area contributed by atoms with Crippen LogP contribution < -0.4 is 14.4 Å². The Kier molecular flexibility index (Phi) is 6.57. The minimum Gasteiger partial charge on any atom is -0.496 e. The standard InChI is InChI=1S/C24H25NO5/c1-5-29-19-13-11-18(12-14-19)25-16(3)22(24(27)30-6-2)20(23(25)26)15-17-9-7-8-10-21(17)28-4/h7-15H,5-6H2,1-4H3/b20-15-.